The van der Waals surface area contributed by atoms with Gasteiger partial charge in [0.1, 0.15) is 0 Å². The monoisotopic (exact) mass is 494 g/mol. The van der Waals surface area contributed by atoms with Gasteiger partial charge in [0.2, 0.25) is 5.95 Å². The molecule has 174 valence electrons. The molecule has 1 fully saturated rings. The number of halogens is 2. The molecule has 5 rings (SSSR count). The lowest BCUT2D eigenvalue weighted by Gasteiger charge is -2.35. The molecule has 0 aliphatic carbocycles. The Labute approximate surface area is 207 Å². The van der Waals surface area contributed by atoms with E-state index in [4.69, 9.17) is 23.2 Å². The van der Waals surface area contributed by atoms with E-state index in [1.165, 1.54) is 0 Å². The number of hydrogen-bond acceptors (Lipinski definition) is 5. The van der Waals surface area contributed by atoms with Crippen LogP contribution in [0.1, 0.15) is 22.0 Å². The Morgan fingerprint density at radius 3 is 2.50 bits per heavy atom. The van der Waals surface area contributed by atoms with E-state index >= 15 is 0 Å². The minimum Gasteiger partial charge on any atom is -0.350 e. The first-order valence-electron chi connectivity index (χ1n) is 11.2. The Hall–Kier alpha value is -2.97. The van der Waals surface area contributed by atoms with Crippen molar-refractivity contribution >= 4 is 40.0 Å². The van der Waals surface area contributed by atoms with Crippen LogP contribution in [0.15, 0.2) is 67.1 Å². The van der Waals surface area contributed by atoms with Crippen LogP contribution < -0.4 is 10.6 Å². The van der Waals surface area contributed by atoms with Crippen molar-refractivity contribution in [2.75, 3.05) is 32.7 Å². The van der Waals surface area contributed by atoms with Crippen LogP contribution in [0, 0.1) is 0 Å². The molecule has 1 saturated heterocycles. The van der Waals surface area contributed by atoms with Gasteiger partial charge in [-0.25, -0.2) is 9.97 Å². The van der Waals surface area contributed by atoms with Crippen molar-refractivity contribution in [3.63, 3.8) is 0 Å². The van der Waals surface area contributed by atoms with Crippen LogP contribution >= 0.6 is 23.2 Å². The van der Waals surface area contributed by atoms with Crippen LogP contribution in [0.25, 0.3) is 16.9 Å². The molecular formula is C25H24Cl2N6O. The fraction of sp³-hybridized carbons (Fsp3) is 0.240. The first-order chi connectivity index (χ1) is 16.6. The first-order valence-corrected chi connectivity index (χ1v) is 11.9. The van der Waals surface area contributed by atoms with Crippen LogP contribution in [0.4, 0.5) is 0 Å². The normalized spacial score (nSPS) is 15.4. The smallest absolute Gasteiger partial charge is 0.253 e. The van der Waals surface area contributed by atoms with E-state index < -0.39 is 0 Å². The summed E-state index contributed by atoms with van der Waals surface area (Å²) in [6.07, 6.45) is 5.09. The number of nitrogens with one attached hydrogen (secondary N) is 2. The van der Waals surface area contributed by atoms with Crippen LogP contribution in [0.2, 0.25) is 10.0 Å². The zero-order valence-electron chi connectivity index (χ0n) is 18.4. The van der Waals surface area contributed by atoms with Gasteiger partial charge in [-0.1, -0.05) is 41.4 Å². The quantitative estimate of drug-likeness (QED) is 0.421. The molecule has 1 aliphatic rings. The van der Waals surface area contributed by atoms with Crippen LogP contribution in [0.5, 0.6) is 0 Å². The van der Waals surface area contributed by atoms with Gasteiger partial charge in [-0.3, -0.25) is 14.3 Å². The number of hydrogen-bond donors (Lipinski definition) is 2. The molecule has 3 heterocycles. The highest BCUT2D eigenvalue weighted by atomic mass is 35.5. The molecule has 9 heteroatoms. The van der Waals surface area contributed by atoms with Gasteiger partial charge >= 0.3 is 0 Å². The molecular weight excluding hydrogens is 471 g/mol. The molecule has 0 saturated carbocycles. The maximum atomic E-state index is 13.5. The number of carbonyl (C=O) groups is 1. The summed E-state index contributed by atoms with van der Waals surface area (Å²) < 4.78 is 1.79. The predicted octanol–water partition coefficient (Wildman–Crippen LogP) is 4.10. The van der Waals surface area contributed by atoms with Crippen molar-refractivity contribution < 1.29 is 4.79 Å². The number of amides is 1. The van der Waals surface area contributed by atoms with Crippen LogP contribution in [-0.2, 0) is 0 Å². The molecule has 0 radical (unpaired) electrons. The van der Waals surface area contributed by atoms with E-state index in [1.54, 1.807) is 35.3 Å². The maximum absolute atomic E-state index is 13.5. The number of piperazine rings is 1. The Kier molecular flexibility index (Phi) is 6.78. The molecule has 7 nitrogen and oxygen atoms in total. The van der Waals surface area contributed by atoms with Crippen molar-refractivity contribution in [2.45, 2.75) is 6.04 Å². The van der Waals surface area contributed by atoms with Crippen LogP contribution in [-0.4, -0.2) is 58.1 Å². The number of rotatable bonds is 6. The summed E-state index contributed by atoms with van der Waals surface area (Å²) in [4.78, 5) is 24.5. The third kappa shape index (κ3) is 4.65. The van der Waals surface area contributed by atoms with Gasteiger partial charge in [0, 0.05) is 61.7 Å². The lowest BCUT2D eigenvalue weighted by atomic mass is 10.0. The van der Waals surface area contributed by atoms with E-state index in [0.717, 1.165) is 37.3 Å². The molecule has 0 spiro atoms. The number of aromatic nitrogens is 3. The summed E-state index contributed by atoms with van der Waals surface area (Å²) in [5.74, 6) is 0.288. The summed E-state index contributed by atoms with van der Waals surface area (Å²) in [5.41, 5.74) is 2.38. The first kappa shape index (κ1) is 22.8. The lowest BCUT2D eigenvalue weighted by Crippen LogP contribution is -2.48. The molecule has 4 aromatic rings. The molecule has 1 amide bonds. The summed E-state index contributed by atoms with van der Waals surface area (Å²) in [7, 11) is 0. The second kappa shape index (κ2) is 10.1. The zero-order chi connectivity index (χ0) is 23.5. The topological polar surface area (TPSA) is 75.1 Å². The Morgan fingerprint density at radius 1 is 1.03 bits per heavy atom. The molecule has 1 atom stereocenters. The average molecular weight is 495 g/mol. The van der Waals surface area contributed by atoms with Crippen molar-refractivity contribution in [1.82, 2.24) is 30.1 Å². The van der Waals surface area contributed by atoms with Crippen molar-refractivity contribution in [2.24, 2.45) is 0 Å². The molecule has 1 unspecified atom stereocenters. The second-order valence-corrected chi connectivity index (χ2v) is 9.00. The summed E-state index contributed by atoms with van der Waals surface area (Å²) >= 11 is 12.7. The van der Waals surface area contributed by atoms with Gasteiger partial charge in [0.25, 0.3) is 5.91 Å². The molecule has 2 aromatic carbocycles. The Bertz CT molecular complexity index is 1290. The maximum Gasteiger partial charge on any atom is 0.253 e. The highest BCUT2D eigenvalue weighted by molar-refractivity contribution is 6.37. The second-order valence-electron chi connectivity index (χ2n) is 8.16. The fourth-order valence-corrected chi connectivity index (χ4v) is 4.82. The van der Waals surface area contributed by atoms with E-state index in [-0.39, 0.29) is 11.9 Å². The van der Waals surface area contributed by atoms with Crippen molar-refractivity contribution in [3.8, 4) is 5.95 Å². The van der Waals surface area contributed by atoms with E-state index in [0.29, 0.717) is 33.5 Å². The summed E-state index contributed by atoms with van der Waals surface area (Å²) in [5, 5.41) is 8.41. The van der Waals surface area contributed by atoms with Gasteiger partial charge < -0.3 is 10.6 Å². The minimum absolute atomic E-state index is 0.0320. The average Bonchev–Trinajstić information content (AvgIpc) is 3.27. The van der Waals surface area contributed by atoms with Gasteiger partial charge in [-0.15, -0.1) is 0 Å². The lowest BCUT2D eigenvalue weighted by molar-refractivity contribution is 0.0929. The third-order valence-corrected chi connectivity index (χ3v) is 6.66. The van der Waals surface area contributed by atoms with E-state index in [1.807, 2.05) is 36.4 Å². The van der Waals surface area contributed by atoms with Gasteiger partial charge in [0.15, 0.2) is 0 Å². The standard InChI is InChI=1S/C25H24Cl2N6O/c26-18-7-5-17(6-8-18)22(32-13-11-28-12-14-32)15-31-24(34)19-16-33(25-29-9-2-10-30-25)21-4-1-3-20(27)23(19)21/h1-10,16,22,28H,11-15H2,(H,31,34). The van der Waals surface area contributed by atoms with Crippen molar-refractivity contribution in [3.05, 3.63) is 88.3 Å². The fourth-order valence-electron chi connectivity index (χ4n) is 4.42. The van der Waals surface area contributed by atoms with Gasteiger partial charge in [-0.2, -0.15) is 0 Å². The van der Waals surface area contributed by atoms with Crippen molar-refractivity contribution in [1.29, 1.82) is 0 Å². The van der Waals surface area contributed by atoms with Crippen LogP contribution in [0.3, 0.4) is 0 Å². The van der Waals surface area contributed by atoms with Gasteiger partial charge in [-0.05, 0) is 35.9 Å². The summed E-state index contributed by atoms with van der Waals surface area (Å²) in [6.45, 7) is 4.09. The summed E-state index contributed by atoms with van der Waals surface area (Å²) in [6, 6.07) is 15.2. The number of benzene rings is 2. The largest absolute Gasteiger partial charge is 0.350 e. The van der Waals surface area contributed by atoms with E-state index in [2.05, 4.69) is 25.5 Å². The SMILES string of the molecule is O=C(NCC(c1ccc(Cl)cc1)N1CCNCC1)c1cn(-c2ncccn2)c2cccc(Cl)c12. The number of carbonyl (C=O) groups excluding carboxylic acids is 1. The number of fused-ring (bicyclic) bond motifs is 1. The molecule has 34 heavy (non-hydrogen) atoms. The molecule has 1 aliphatic heterocycles. The van der Waals surface area contributed by atoms with E-state index in [9.17, 15) is 4.79 Å². The Balaban J connectivity index is 1.45. The highest BCUT2D eigenvalue weighted by Gasteiger charge is 2.25. The third-order valence-electron chi connectivity index (χ3n) is 6.09. The Morgan fingerprint density at radius 2 is 1.76 bits per heavy atom. The van der Waals surface area contributed by atoms with Gasteiger partial charge in [0.05, 0.1) is 22.1 Å². The molecule has 0 bridgehead atoms. The minimum atomic E-state index is -0.193. The zero-order valence-corrected chi connectivity index (χ0v) is 19.9. The number of nitrogens with zero attached hydrogens (tertiary/aromatic N) is 4. The highest BCUT2D eigenvalue weighted by Crippen LogP contribution is 2.30. The molecule has 2 aromatic heterocycles. The molecule has 2 N–H and O–H groups in total. The predicted molar refractivity (Wildman–Crippen MR) is 135 cm³/mol.